The molecule has 6 heteroatoms. The van der Waals surface area contributed by atoms with Crippen LogP contribution in [0.1, 0.15) is 16.8 Å². The van der Waals surface area contributed by atoms with Crippen LogP contribution in [0.3, 0.4) is 0 Å². The standard InChI is InChI=1S/C24H28N6/c1-17-7-9-19(10-8-17)16-30-22-6-4-5-20(21-15-18(2)28(3)27-21)23(22)26-24(30)29-13-11-25-12-14-29/h4-10,15,25H,11-14,16H2,1-3H3. The molecule has 1 saturated heterocycles. The molecule has 0 radical (unpaired) electrons. The van der Waals surface area contributed by atoms with Crippen LogP contribution in [0.5, 0.6) is 0 Å². The monoisotopic (exact) mass is 400 g/mol. The quantitative estimate of drug-likeness (QED) is 0.570. The average Bonchev–Trinajstić information content (AvgIpc) is 3.30. The molecule has 30 heavy (non-hydrogen) atoms. The second-order valence-electron chi connectivity index (χ2n) is 8.19. The molecule has 0 unspecified atom stereocenters. The summed E-state index contributed by atoms with van der Waals surface area (Å²) in [5.74, 6) is 1.05. The summed E-state index contributed by atoms with van der Waals surface area (Å²) < 4.78 is 4.29. The van der Waals surface area contributed by atoms with E-state index in [1.165, 1.54) is 11.1 Å². The van der Waals surface area contributed by atoms with Gasteiger partial charge in [0.1, 0.15) is 5.52 Å². The van der Waals surface area contributed by atoms with Crippen molar-refractivity contribution in [3.8, 4) is 11.3 Å². The molecule has 0 saturated carbocycles. The number of hydrogen-bond acceptors (Lipinski definition) is 4. The van der Waals surface area contributed by atoms with Crippen LogP contribution in [-0.2, 0) is 13.6 Å². The molecule has 0 bridgehead atoms. The van der Waals surface area contributed by atoms with Crippen molar-refractivity contribution >= 4 is 17.0 Å². The SMILES string of the molecule is Cc1ccc(Cn2c(N3CCNCC3)nc3c(-c4cc(C)n(C)n4)cccc32)cc1. The fraction of sp³-hybridized carbons (Fsp3) is 0.333. The van der Waals surface area contributed by atoms with Crippen molar-refractivity contribution in [3.63, 3.8) is 0 Å². The van der Waals surface area contributed by atoms with Crippen LogP contribution in [0, 0.1) is 13.8 Å². The van der Waals surface area contributed by atoms with E-state index in [4.69, 9.17) is 10.1 Å². The lowest BCUT2D eigenvalue weighted by Gasteiger charge is -2.29. The van der Waals surface area contributed by atoms with E-state index < -0.39 is 0 Å². The lowest BCUT2D eigenvalue weighted by atomic mass is 10.1. The summed E-state index contributed by atoms with van der Waals surface area (Å²) in [6.45, 7) is 8.92. The number of nitrogens with one attached hydrogen (secondary N) is 1. The number of aryl methyl sites for hydroxylation is 3. The molecule has 2 aromatic carbocycles. The van der Waals surface area contributed by atoms with Gasteiger partial charge < -0.3 is 14.8 Å². The van der Waals surface area contributed by atoms with Crippen molar-refractivity contribution in [2.45, 2.75) is 20.4 Å². The number of benzene rings is 2. The van der Waals surface area contributed by atoms with Gasteiger partial charge in [0.2, 0.25) is 5.95 Å². The summed E-state index contributed by atoms with van der Waals surface area (Å²) in [6, 6.07) is 17.4. The second kappa shape index (κ2) is 7.61. The Kier molecular flexibility index (Phi) is 4.79. The van der Waals surface area contributed by atoms with Gasteiger partial charge >= 0.3 is 0 Å². The number of hydrogen-bond donors (Lipinski definition) is 1. The average molecular weight is 401 g/mol. The molecule has 5 rings (SSSR count). The van der Waals surface area contributed by atoms with Gasteiger partial charge in [0, 0.05) is 44.5 Å². The van der Waals surface area contributed by atoms with E-state index in [0.29, 0.717) is 0 Å². The van der Waals surface area contributed by atoms with Crippen molar-refractivity contribution in [1.82, 2.24) is 24.6 Å². The summed E-state index contributed by atoms with van der Waals surface area (Å²) in [6.07, 6.45) is 0. The molecule has 2 aromatic heterocycles. The van der Waals surface area contributed by atoms with E-state index in [1.54, 1.807) is 0 Å². The van der Waals surface area contributed by atoms with Gasteiger partial charge in [0.15, 0.2) is 0 Å². The number of aromatic nitrogens is 4. The fourth-order valence-corrected chi connectivity index (χ4v) is 4.17. The van der Waals surface area contributed by atoms with Crippen LogP contribution in [0.2, 0.25) is 0 Å². The van der Waals surface area contributed by atoms with Crippen LogP contribution in [0.15, 0.2) is 48.5 Å². The first-order chi connectivity index (χ1) is 14.6. The fourth-order valence-electron chi connectivity index (χ4n) is 4.17. The third-order valence-electron chi connectivity index (χ3n) is 6.01. The van der Waals surface area contributed by atoms with Crippen LogP contribution >= 0.6 is 0 Å². The highest BCUT2D eigenvalue weighted by Gasteiger charge is 2.21. The predicted octanol–water partition coefficient (Wildman–Crippen LogP) is 3.51. The Balaban J connectivity index is 1.67. The number of anilines is 1. The van der Waals surface area contributed by atoms with E-state index >= 15 is 0 Å². The van der Waals surface area contributed by atoms with Crippen molar-refractivity contribution in [2.24, 2.45) is 7.05 Å². The zero-order valence-corrected chi connectivity index (χ0v) is 17.9. The van der Waals surface area contributed by atoms with E-state index in [-0.39, 0.29) is 0 Å². The van der Waals surface area contributed by atoms with Crippen LogP contribution in [0.4, 0.5) is 5.95 Å². The molecule has 1 fully saturated rings. The van der Waals surface area contributed by atoms with E-state index in [2.05, 4.69) is 77.2 Å². The maximum absolute atomic E-state index is 5.18. The second-order valence-corrected chi connectivity index (χ2v) is 8.19. The maximum Gasteiger partial charge on any atom is 0.206 e. The van der Waals surface area contributed by atoms with Gasteiger partial charge in [0.25, 0.3) is 0 Å². The summed E-state index contributed by atoms with van der Waals surface area (Å²) in [4.78, 5) is 7.58. The zero-order valence-electron chi connectivity index (χ0n) is 17.9. The summed E-state index contributed by atoms with van der Waals surface area (Å²) in [5, 5.41) is 8.17. The highest BCUT2D eigenvalue weighted by Crippen LogP contribution is 2.32. The Hall–Kier alpha value is -3.12. The van der Waals surface area contributed by atoms with Crippen molar-refractivity contribution in [1.29, 1.82) is 0 Å². The Morgan fingerprint density at radius 2 is 1.77 bits per heavy atom. The molecule has 3 heterocycles. The molecule has 0 spiro atoms. The van der Waals surface area contributed by atoms with E-state index in [9.17, 15) is 0 Å². The molecule has 154 valence electrons. The Morgan fingerprint density at radius 1 is 1.00 bits per heavy atom. The van der Waals surface area contributed by atoms with Crippen LogP contribution < -0.4 is 10.2 Å². The molecule has 0 atom stereocenters. The van der Waals surface area contributed by atoms with Gasteiger partial charge in [-0.05, 0) is 31.5 Å². The van der Waals surface area contributed by atoms with Gasteiger partial charge in [-0.15, -0.1) is 0 Å². The minimum Gasteiger partial charge on any atom is -0.340 e. The molecule has 4 aromatic rings. The Morgan fingerprint density at radius 3 is 2.47 bits per heavy atom. The van der Waals surface area contributed by atoms with E-state index in [1.807, 2.05) is 11.7 Å². The van der Waals surface area contributed by atoms with E-state index in [0.717, 1.165) is 66.7 Å². The Labute approximate surface area is 177 Å². The van der Waals surface area contributed by atoms with Crippen LogP contribution in [-0.4, -0.2) is 45.5 Å². The summed E-state index contributed by atoms with van der Waals surface area (Å²) in [7, 11) is 1.99. The topological polar surface area (TPSA) is 50.9 Å². The van der Waals surface area contributed by atoms with Crippen molar-refractivity contribution < 1.29 is 0 Å². The van der Waals surface area contributed by atoms with Crippen molar-refractivity contribution in [2.75, 3.05) is 31.1 Å². The lowest BCUT2D eigenvalue weighted by Crippen LogP contribution is -2.44. The number of rotatable bonds is 4. The lowest BCUT2D eigenvalue weighted by molar-refractivity contribution is 0.571. The van der Waals surface area contributed by atoms with Crippen LogP contribution in [0.25, 0.3) is 22.3 Å². The van der Waals surface area contributed by atoms with Crippen molar-refractivity contribution in [3.05, 3.63) is 65.4 Å². The summed E-state index contributed by atoms with van der Waals surface area (Å²) >= 11 is 0. The molecule has 1 aliphatic heterocycles. The highest BCUT2D eigenvalue weighted by atomic mass is 15.3. The maximum atomic E-state index is 5.18. The number of nitrogens with zero attached hydrogens (tertiary/aromatic N) is 5. The van der Waals surface area contributed by atoms with Gasteiger partial charge in [-0.2, -0.15) is 5.10 Å². The molecule has 6 nitrogen and oxygen atoms in total. The Bertz CT molecular complexity index is 1160. The molecule has 1 N–H and O–H groups in total. The first-order valence-corrected chi connectivity index (χ1v) is 10.6. The minimum absolute atomic E-state index is 0.806. The third-order valence-corrected chi connectivity index (χ3v) is 6.01. The van der Waals surface area contributed by atoms with Gasteiger partial charge in [-0.1, -0.05) is 42.0 Å². The summed E-state index contributed by atoms with van der Waals surface area (Å²) in [5.41, 5.74) is 7.96. The number of para-hydroxylation sites is 1. The largest absolute Gasteiger partial charge is 0.340 e. The van der Waals surface area contributed by atoms with Gasteiger partial charge in [0.05, 0.1) is 17.8 Å². The molecular weight excluding hydrogens is 372 g/mol. The molecule has 0 amide bonds. The first-order valence-electron chi connectivity index (χ1n) is 10.6. The third kappa shape index (κ3) is 3.37. The number of piperazine rings is 1. The highest BCUT2D eigenvalue weighted by molar-refractivity contribution is 5.93. The van der Waals surface area contributed by atoms with Gasteiger partial charge in [-0.25, -0.2) is 4.98 Å². The molecular formula is C24H28N6. The predicted molar refractivity (Wildman–Crippen MR) is 122 cm³/mol. The van der Waals surface area contributed by atoms with Gasteiger partial charge in [-0.3, -0.25) is 4.68 Å². The zero-order chi connectivity index (χ0) is 20.7. The first kappa shape index (κ1) is 18.9. The number of fused-ring (bicyclic) bond motifs is 1. The minimum atomic E-state index is 0.806. The molecule has 1 aliphatic rings. The smallest absolute Gasteiger partial charge is 0.206 e. The molecule has 0 aliphatic carbocycles. The normalized spacial score (nSPS) is 14.6. The number of imidazole rings is 1.